The van der Waals surface area contributed by atoms with Crippen molar-refractivity contribution in [1.29, 1.82) is 0 Å². The Morgan fingerprint density at radius 1 is 1.54 bits per heavy atom. The summed E-state index contributed by atoms with van der Waals surface area (Å²) in [5.41, 5.74) is 0.530. The SMILES string of the molecule is C=CC(C(=O)O)c1cccc(O)c1. The Morgan fingerprint density at radius 2 is 2.23 bits per heavy atom. The minimum atomic E-state index is -0.972. The maximum atomic E-state index is 10.7. The lowest BCUT2D eigenvalue weighted by Crippen LogP contribution is -2.08. The van der Waals surface area contributed by atoms with Crippen molar-refractivity contribution in [2.24, 2.45) is 0 Å². The Morgan fingerprint density at radius 3 is 2.69 bits per heavy atom. The van der Waals surface area contributed by atoms with Crippen LogP contribution in [0, 0.1) is 0 Å². The Kier molecular flexibility index (Phi) is 2.69. The molecule has 1 atom stereocenters. The lowest BCUT2D eigenvalue weighted by atomic mass is 9.99. The van der Waals surface area contributed by atoms with Gasteiger partial charge in [-0.15, -0.1) is 6.58 Å². The summed E-state index contributed by atoms with van der Waals surface area (Å²) in [6, 6.07) is 6.15. The minimum Gasteiger partial charge on any atom is -0.508 e. The lowest BCUT2D eigenvalue weighted by molar-refractivity contribution is -0.137. The van der Waals surface area contributed by atoms with Gasteiger partial charge in [-0.25, -0.2) is 0 Å². The molecule has 0 aliphatic rings. The third-order valence-corrected chi connectivity index (χ3v) is 1.73. The number of carbonyl (C=O) groups is 1. The van der Waals surface area contributed by atoms with Crippen LogP contribution in [0.4, 0.5) is 0 Å². The molecule has 13 heavy (non-hydrogen) atoms. The van der Waals surface area contributed by atoms with Crippen molar-refractivity contribution in [1.82, 2.24) is 0 Å². The van der Waals surface area contributed by atoms with Crippen LogP contribution in [0.1, 0.15) is 11.5 Å². The van der Waals surface area contributed by atoms with Gasteiger partial charge in [0.2, 0.25) is 0 Å². The van der Waals surface area contributed by atoms with Crippen molar-refractivity contribution >= 4 is 5.97 Å². The van der Waals surface area contributed by atoms with Crippen LogP contribution in [-0.4, -0.2) is 16.2 Å². The topological polar surface area (TPSA) is 57.5 Å². The van der Waals surface area contributed by atoms with Gasteiger partial charge in [-0.05, 0) is 17.7 Å². The standard InChI is InChI=1S/C10H10O3/c1-2-9(10(12)13)7-4-3-5-8(11)6-7/h2-6,9,11H,1H2,(H,12,13). The van der Waals surface area contributed by atoms with Crippen LogP contribution < -0.4 is 0 Å². The number of hydrogen-bond donors (Lipinski definition) is 2. The molecule has 0 saturated carbocycles. The average Bonchev–Trinajstić information content (AvgIpc) is 2.04. The highest BCUT2D eigenvalue weighted by Crippen LogP contribution is 2.20. The zero-order valence-corrected chi connectivity index (χ0v) is 6.97. The number of phenols is 1. The monoisotopic (exact) mass is 178 g/mol. The van der Waals surface area contributed by atoms with E-state index in [2.05, 4.69) is 6.58 Å². The maximum absolute atomic E-state index is 10.7. The number of hydrogen-bond acceptors (Lipinski definition) is 2. The molecule has 0 aliphatic heterocycles. The van der Waals surface area contributed by atoms with Crippen molar-refractivity contribution < 1.29 is 15.0 Å². The third-order valence-electron chi connectivity index (χ3n) is 1.73. The summed E-state index contributed by atoms with van der Waals surface area (Å²) in [6.07, 6.45) is 1.33. The fourth-order valence-corrected chi connectivity index (χ4v) is 1.10. The van der Waals surface area contributed by atoms with Crippen LogP contribution in [0.3, 0.4) is 0 Å². The van der Waals surface area contributed by atoms with E-state index in [1.54, 1.807) is 12.1 Å². The van der Waals surface area contributed by atoms with Gasteiger partial charge in [-0.3, -0.25) is 4.79 Å². The maximum Gasteiger partial charge on any atom is 0.314 e. The van der Waals surface area contributed by atoms with E-state index in [9.17, 15) is 4.79 Å². The molecule has 1 rings (SSSR count). The molecule has 0 amide bonds. The van der Waals surface area contributed by atoms with Crippen molar-refractivity contribution in [2.75, 3.05) is 0 Å². The number of aliphatic carboxylic acids is 1. The predicted octanol–water partition coefficient (Wildman–Crippen LogP) is 1.75. The molecular formula is C10H10O3. The molecular weight excluding hydrogens is 168 g/mol. The molecule has 0 spiro atoms. The van der Waals surface area contributed by atoms with Crippen molar-refractivity contribution in [2.45, 2.75) is 5.92 Å². The summed E-state index contributed by atoms with van der Waals surface area (Å²) in [7, 11) is 0. The Labute approximate surface area is 76.0 Å². The number of phenolic OH excluding ortho intramolecular Hbond substituents is 1. The van der Waals surface area contributed by atoms with Gasteiger partial charge in [0, 0.05) is 0 Å². The molecule has 68 valence electrons. The fraction of sp³-hybridized carbons (Fsp3) is 0.100. The molecule has 0 radical (unpaired) electrons. The summed E-state index contributed by atoms with van der Waals surface area (Å²) in [5, 5.41) is 17.9. The summed E-state index contributed by atoms with van der Waals surface area (Å²) in [5.74, 6) is -1.67. The highest BCUT2D eigenvalue weighted by molar-refractivity contribution is 5.78. The van der Waals surface area contributed by atoms with Gasteiger partial charge in [0.1, 0.15) is 5.75 Å². The van der Waals surface area contributed by atoms with Gasteiger partial charge < -0.3 is 10.2 Å². The summed E-state index contributed by atoms with van der Waals surface area (Å²) < 4.78 is 0. The van der Waals surface area contributed by atoms with Crippen LogP contribution in [-0.2, 0) is 4.79 Å². The lowest BCUT2D eigenvalue weighted by Gasteiger charge is -2.06. The van der Waals surface area contributed by atoms with Gasteiger partial charge >= 0.3 is 5.97 Å². The summed E-state index contributed by atoms with van der Waals surface area (Å²) in [6.45, 7) is 3.43. The number of rotatable bonds is 3. The number of benzene rings is 1. The number of carboxylic acids is 1. The van der Waals surface area contributed by atoms with E-state index in [0.29, 0.717) is 5.56 Å². The highest BCUT2D eigenvalue weighted by Gasteiger charge is 2.15. The Hall–Kier alpha value is -1.77. The van der Waals surface area contributed by atoms with E-state index in [4.69, 9.17) is 10.2 Å². The van der Waals surface area contributed by atoms with Gasteiger partial charge in [0.05, 0.1) is 5.92 Å². The fourth-order valence-electron chi connectivity index (χ4n) is 1.10. The minimum absolute atomic E-state index is 0.0607. The van der Waals surface area contributed by atoms with E-state index < -0.39 is 11.9 Å². The van der Waals surface area contributed by atoms with Gasteiger partial charge in [-0.1, -0.05) is 18.2 Å². The molecule has 1 unspecified atom stereocenters. The van der Waals surface area contributed by atoms with Crippen LogP contribution in [0.2, 0.25) is 0 Å². The second-order valence-corrected chi connectivity index (χ2v) is 2.65. The largest absolute Gasteiger partial charge is 0.508 e. The van der Waals surface area contributed by atoms with E-state index in [0.717, 1.165) is 0 Å². The molecule has 1 aromatic carbocycles. The van der Waals surface area contributed by atoms with Gasteiger partial charge in [0.25, 0.3) is 0 Å². The molecule has 0 saturated heterocycles. The second kappa shape index (κ2) is 3.76. The highest BCUT2D eigenvalue weighted by atomic mass is 16.4. The van der Waals surface area contributed by atoms with Crippen LogP contribution in [0.5, 0.6) is 5.75 Å². The van der Waals surface area contributed by atoms with Gasteiger partial charge in [-0.2, -0.15) is 0 Å². The molecule has 3 nitrogen and oxygen atoms in total. The first kappa shape index (κ1) is 9.32. The van der Waals surface area contributed by atoms with E-state index in [-0.39, 0.29) is 5.75 Å². The summed E-state index contributed by atoms with van der Waals surface area (Å²) in [4.78, 5) is 10.7. The number of aromatic hydroxyl groups is 1. The van der Waals surface area contributed by atoms with Crippen molar-refractivity contribution in [3.63, 3.8) is 0 Å². The predicted molar refractivity (Wildman–Crippen MR) is 48.7 cm³/mol. The second-order valence-electron chi connectivity index (χ2n) is 2.65. The number of carboxylic acid groups (broad SMARTS) is 1. The van der Waals surface area contributed by atoms with Crippen molar-refractivity contribution in [3.8, 4) is 5.75 Å². The molecule has 1 aromatic rings. The van der Waals surface area contributed by atoms with E-state index in [1.165, 1.54) is 18.2 Å². The van der Waals surface area contributed by atoms with E-state index in [1.807, 2.05) is 0 Å². The first-order valence-corrected chi connectivity index (χ1v) is 3.79. The zero-order chi connectivity index (χ0) is 9.84. The molecule has 0 bridgehead atoms. The van der Waals surface area contributed by atoms with Crippen molar-refractivity contribution in [3.05, 3.63) is 42.5 Å². The van der Waals surface area contributed by atoms with Gasteiger partial charge in [0.15, 0.2) is 0 Å². The molecule has 3 heteroatoms. The zero-order valence-electron chi connectivity index (χ0n) is 6.97. The van der Waals surface area contributed by atoms with Crippen LogP contribution in [0.25, 0.3) is 0 Å². The Balaban J connectivity index is 3.04. The van der Waals surface area contributed by atoms with Crippen LogP contribution >= 0.6 is 0 Å². The molecule has 0 aliphatic carbocycles. The molecule has 0 aromatic heterocycles. The van der Waals surface area contributed by atoms with E-state index >= 15 is 0 Å². The Bertz CT molecular complexity index is 331. The molecule has 2 N–H and O–H groups in total. The molecule has 0 fully saturated rings. The van der Waals surface area contributed by atoms with Crippen LogP contribution in [0.15, 0.2) is 36.9 Å². The smallest absolute Gasteiger partial charge is 0.314 e. The summed E-state index contributed by atoms with van der Waals surface area (Å²) >= 11 is 0. The average molecular weight is 178 g/mol. The first-order valence-electron chi connectivity index (χ1n) is 3.79. The normalized spacial score (nSPS) is 12.0. The third kappa shape index (κ3) is 2.08. The molecule has 0 heterocycles. The quantitative estimate of drug-likeness (QED) is 0.693. The first-order chi connectivity index (χ1) is 6.15.